The van der Waals surface area contributed by atoms with Gasteiger partial charge in [-0.25, -0.2) is 5.43 Å². The fourth-order valence-electron chi connectivity index (χ4n) is 2.34. The number of hydrogen-bond donors (Lipinski definition) is 1. The number of rotatable bonds is 8. The number of hydrazone groups is 1. The molecular formula is C15H13F13N4O. The van der Waals surface area contributed by atoms with E-state index in [2.05, 4.69) is 10.2 Å². The van der Waals surface area contributed by atoms with Crippen LogP contribution in [0.2, 0.25) is 0 Å². The molecule has 1 aromatic rings. The Morgan fingerprint density at radius 2 is 1.33 bits per heavy atom. The molecule has 1 amide bonds. The molecule has 1 aromatic heterocycles. The minimum absolute atomic E-state index is 0.0360. The Labute approximate surface area is 175 Å². The quantitative estimate of drug-likeness (QED) is 0.312. The number of amides is 1. The normalized spacial score (nSPS) is 14.8. The molecule has 1 rings (SSSR count). The van der Waals surface area contributed by atoms with E-state index in [0.717, 1.165) is 0 Å². The van der Waals surface area contributed by atoms with Gasteiger partial charge >= 0.3 is 41.7 Å². The minimum Gasteiger partial charge on any atom is -0.269 e. The zero-order chi connectivity index (χ0) is 26.4. The molecule has 0 saturated heterocycles. The number of halogens is 13. The second kappa shape index (κ2) is 8.34. The molecule has 0 fully saturated rings. The van der Waals surface area contributed by atoms with Crippen LogP contribution in [0.4, 0.5) is 57.1 Å². The van der Waals surface area contributed by atoms with Crippen molar-refractivity contribution in [3.63, 3.8) is 0 Å². The minimum atomic E-state index is -8.09. The lowest BCUT2D eigenvalue weighted by Crippen LogP contribution is -2.71. The lowest BCUT2D eigenvalue weighted by Gasteiger charge is -2.38. The first kappa shape index (κ1) is 28.5. The molecule has 0 saturated carbocycles. The van der Waals surface area contributed by atoms with Crippen LogP contribution in [0.25, 0.3) is 0 Å². The summed E-state index contributed by atoms with van der Waals surface area (Å²) in [6.07, 6.45) is -6.99. The molecule has 33 heavy (non-hydrogen) atoms. The third-order valence-electron chi connectivity index (χ3n) is 4.32. The van der Waals surface area contributed by atoms with E-state index in [1.165, 1.54) is 18.5 Å². The van der Waals surface area contributed by atoms with E-state index >= 15 is 0 Å². The molecule has 0 aromatic carbocycles. The van der Waals surface area contributed by atoms with Crippen LogP contribution < -0.4 is 5.43 Å². The van der Waals surface area contributed by atoms with Gasteiger partial charge in [-0.1, -0.05) is 0 Å². The van der Waals surface area contributed by atoms with Crippen molar-refractivity contribution in [3.8, 4) is 0 Å². The van der Waals surface area contributed by atoms with Gasteiger partial charge in [0.1, 0.15) is 0 Å². The van der Waals surface area contributed by atoms with Crippen LogP contribution in [0.15, 0.2) is 5.10 Å². The Balaban J connectivity index is 3.29. The maximum atomic E-state index is 13.7. The summed E-state index contributed by atoms with van der Waals surface area (Å²) in [5, 5.41) is 6.69. The first-order chi connectivity index (χ1) is 14.5. The molecule has 0 radical (unpaired) electrons. The molecule has 1 N–H and O–H groups in total. The average Bonchev–Trinajstić information content (AvgIpc) is 2.93. The van der Waals surface area contributed by atoms with Crippen molar-refractivity contribution >= 4 is 12.1 Å². The van der Waals surface area contributed by atoms with Crippen LogP contribution in [-0.4, -0.2) is 57.7 Å². The summed E-state index contributed by atoms with van der Waals surface area (Å²) in [5.74, 6) is -42.1. The highest BCUT2D eigenvalue weighted by molar-refractivity contribution is 5.87. The SMILES string of the molecule is CCn1nc(C)c(C=NNC(=O)C(F)(F)C(F)(F)C(F)(F)C(F)(F)C(F)(F)C(F)(F)F)c1C. The molecule has 190 valence electrons. The summed E-state index contributed by atoms with van der Waals surface area (Å²) in [7, 11) is 0. The lowest BCUT2D eigenvalue weighted by atomic mass is 9.93. The number of carbonyl (C=O) groups is 1. The maximum absolute atomic E-state index is 13.7. The smallest absolute Gasteiger partial charge is 0.269 e. The van der Waals surface area contributed by atoms with E-state index in [9.17, 15) is 61.9 Å². The topological polar surface area (TPSA) is 59.3 Å². The molecule has 0 aliphatic heterocycles. The maximum Gasteiger partial charge on any atom is 0.460 e. The van der Waals surface area contributed by atoms with Gasteiger partial charge in [0.25, 0.3) is 0 Å². The number of carbonyl (C=O) groups excluding carboxylic acids is 1. The summed E-state index contributed by atoms with van der Waals surface area (Å²) >= 11 is 0. The van der Waals surface area contributed by atoms with Gasteiger partial charge < -0.3 is 0 Å². The van der Waals surface area contributed by atoms with Crippen LogP contribution in [0.3, 0.4) is 0 Å². The molecule has 18 heteroatoms. The van der Waals surface area contributed by atoms with Crippen molar-refractivity contribution in [1.82, 2.24) is 15.2 Å². The Morgan fingerprint density at radius 1 is 0.879 bits per heavy atom. The second-order valence-electron chi connectivity index (χ2n) is 6.47. The van der Waals surface area contributed by atoms with Crippen LogP contribution in [0, 0.1) is 13.8 Å². The molecule has 0 spiro atoms. The van der Waals surface area contributed by atoms with E-state index in [4.69, 9.17) is 0 Å². The molecule has 1 heterocycles. The highest BCUT2D eigenvalue weighted by atomic mass is 19.4. The average molecular weight is 512 g/mol. The van der Waals surface area contributed by atoms with Crippen molar-refractivity contribution in [2.45, 2.75) is 63.1 Å². The Bertz CT molecular complexity index is 918. The number of hydrogen-bond acceptors (Lipinski definition) is 3. The van der Waals surface area contributed by atoms with E-state index in [1.54, 1.807) is 6.92 Å². The molecule has 0 atom stereocenters. The van der Waals surface area contributed by atoms with Crippen molar-refractivity contribution in [2.75, 3.05) is 0 Å². The molecule has 0 aliphatic rings. The zero-order valence-electron chi connectivity index (χ0n) is 16.4. The van der Waals surface area contributed by atoms with Crippen molar-refractivity contribution in [3.05, 3.63) is 17.0 Å². The highest BCUT2D eigenvalue weighted by Crippen LogP contribution is 2.60. The van der Waals surface area contributed by atoms with E-state index in [0.29, 0.717) is 23.9 Å². The van der Waals surface area contributed by atoms with Crippen LogP contribution in [0.5, 0.6) is 0 Å². The van der Waals surface area contributed by atoms with Gasteiger partial charge in [0.2, 0.25) is 0 Å². The fraction of sp³-hybridized carbons (Fsp3) is 0.667. The van der Waals surface area contributed by atoms with Gasteiger partial charge in [-0.05, 0) is 20.8 Å². The number of aromatic nitrogens is 2. The Morgan fingerprint density at radius 3 is 1.73 bits per heavy atom. The molecule has 0 aliphatic carbocycles. The predicted molar refractivity (Wildman–Crippen MR) is 83.9 cm³/mol. The summed E-state index contributed by atoms with van der Waals surface area (Å²) < 4.78 is 170. The van der Waals surface area contributed by atoms with Crippen molar-refractivity contribution < 1.29 is 61.9 Å². The van der Waals surface area contributed by atoms with E-state index in [-0.39, 0.29) is 11.3 Å². The van der Waals surface area contributed by atoms with Crippen molar-refractivity contribution in [1.29, 1.82) is 0 Å². The predicted octanol–water partition coefficient (Wildman–Crippen LogP) is 4.71. The van der Waals surface area contributed by atoms with E-state index < -0.39 is 41.7 Å². The first-order valence-corrected chi connectivity index (χ1v) is 8.35. The monoisotopic (exact) mass is 512 g/mol. The number of alkyl halides is 13. The largest absolute Gasteiger partial charge is 0.460 e. The standard InChI is InChI=1S/C15H13F13N4O/c1-4-32-7(3)8(6(2)31-32)5-29-30-9(33)10(16,17)11(18,19)12(20,21)13(22,23)14(24,25)15(26,27)28/h5H,4H2,1-3H3,(H,30,33). The zero-order valence-corrected chi connectivity index (χ0v) is 16.4. The van der Waals surface area contributed by atoms with Crippen LogP contribution in [0.1, 0.15) is 23.9 Å². The summed E-state index contributed by atoms with van der Waals surface area (Å²) in [4.78, 5) is 11.3. The van der Waals surface area contributed by atoms with Gasteiger partial charge in [0, 0.05) is 17.8 Å². The van der Waals surface area contributed by atoms with Gasteiger partial charge in [-0.3, -0.25) is 9.48 Å². The summed E-state index contributed by atoms with van der Waals surface area (Å²) in [6, 6.07) is 0. The molecule has 5 nitrogen and oxygen atoms in total. The van der Waals surface area contributed by atoms with Crippen LogP contribution in [-0.2, 0) is 11.3 Å². The first-order valence-electron chi connectivity index (χ1n) is 8.35. The Kier molecular flexibility index (Phi) is 7.19. The number of nitrogens with zero attached hydrogens (tertiary/aromatic N) is 3. The third kappa shape index (κ3) is 4.22. The second-order valence-corrected chi connectivity index (χ2v) is 6.47. The fourth-order valence-corrected chi connectivity index (χ4v) is 2.34. The molecule has 0 bridgehead atoms. The summed E-state index contributed by atoms with van der Waals surface area (Å²) in [6.45, 7) is 4.69. The summed E-state index contributed by atoms with van der Waals surface area (Å²) in [5.41, 5.74) is 1.15. The molecular weight excluding hydrogens is 499 g/mol. The molecule has 0 unspecified atom stereocenters. The Hall–Kier alpha value is -2.56. The highest BCUT2D eigenvalue weighted by Gasteiger charge is 2.91. The van der Waals surface area contributed by atoms with Crippen LogP contribution >= 0.6 is 0 Å². The van der Waals surface area contributed by atoms with Gasteiger partial charge in [0.15, 0.2) is 0 Å². The van der Waals surface area contributed by atoms with Gasteiger partial charge in [-0.2, -0.15) is 67.3 Å². The lowest BCUT2D eigenvalue weighted by molar-refractivity contribution is -0.436. The number of aryl methyl sites for hydroxylation is 2. The third-order valence-corrected chi connectivity index (χ3v) is 4.32. The van der Waals surface area contributed by atoms with Gasteiger partial charge in [-0.15, -0.1) is 0 Å². The van der Waals surface area contributed by atoms with E-state index in [1.807, 2.05) is 0 Å². The van der Waals surface area contributed by atoms with Crippen molar-refractivity contribution in [2.24, 2.45) is 5.10 Å². The number of nitrogens with one attached hydrogen (secondary N) is 1. The van der Waals surface area contributed by atoms with Gasteiger partial charge in [0.05, 0.1) is 11.9 Å².